The Kier molecular flexibility index (Phi) is 2.35. The fraction of sp³-hybridized carbons (Fsp3) is 0.727. The fourth-order valence-electron chi connectivity index (χ4n) is 1.64. The predicted molar refractivity (Wildman–Crippen MR) is 54.9 cm³/mol. The van der Waals surface area contributed by atoms with E-state index in [1.807, 2.05) is 13.0 Å². The summed E-state index contributed by atoms with van der Waals surface area (Å²) in [7, 11) is 0. The first kappa shape index (κ1) is 9.71. The minimum Gasteiger partial charge on any atom is -0.361 e. The zero-order chi connectivity index (χ0) is 10.2. The molecule has 0 spiro atoms. The summed E-state index contributed by atoms with van der Waals surface area (Å²) in [5.41, 5.74) is 1.53. The summed E-state index contributed by atoms with van der Waals surface area (Å²) in [5.74, 6) is 0.882. The number of nitrogens with one attached hydrogen (secondary N) is 1. The van der Waals surface area contributed by atoms with Crippen LogP contribution in [0, 0.1) is 12.3 Å². The predicted octanol–water partition coefficient (Wildman–Crippen LogP) is 2.26. The molecule has 3 nitrogen and oxygen atoms in total. The third-order valence-corrected chi connectivity index (χ3v) is 3.35. The lowest BCUT2D eigenvalue weighted by atomic mass is 10.0. The number of hydrogen-bond acceptors (Lipinski definition) is 3. The van der Waals surface area contributed by atoms with Crippen molar-refractivity contribution in [2.45, 2.75) is 46.2 Å². The number of aryl methyl sites for hydroxylation is 1. The Morgan fingerprint density at radius 2 is 2.36 bits per heavy atom. The van der Waals surface area contributed by atoms with Crippen LogP contribution >= 0.6 is 0 Å². The molecule has 1 aliphatic rings. The Labute approximate surface area is 84.9 Å². The van der Waals surface area contributed by atoms with E-state index in [4.69, 9.17) is 4.52 Å². The molecule has 1 N–H and O–H groups in total. The molecule has 1 unspecified atom stereocenters. The first-order valence-corrected chi connectivity index (χ1v) is 5.26. The Hall–Kier alpha value is -0.830. The van der Waals surface area contributed by atoms with Crippen LogP contribution in [0.1, 0.15) is 38.1 Å². The highest BCUT2D eigenvalue weighted by molar-refractivity contribution is 5.04. The van der Waals surface area contributed by atoms with Gasteiger partial charge in [0.15, 0.2) is 0 Å². The van der Waals surface area contributed by atoms with Crippen molar-refractivity contribution in [3.8, 4) is 0 Å². The van der Waals surface area contributed by atoms with E-state index in [0.29, 0.717) is 11.5 Å². The van der Waals surface area contributed by atoms with Crippen molar-refractivity contribution >= 4 is 0 Å². The molecule has 2 rings (SSSR count). The van der Waals surface area contributed by atoms with E-state index < -0.39 is 0 Å². The molecule has 1 aliphatic carbocycles. The van der Waals surface area contributed by atoms with Crippen LogP contribution in [0.5, 0.6) is 0 Å². The van der Waals surface area contributed by atoms with Gasteiger partial charge in [-0.3, -0.25) is 0 Å². The second kappa shape index (κ2) is 3.39. The molecular formula is C11H18N2O. The molecule has 3 heteroatoms. The molecular weight excluding hydrogens is 176 g/mol. The zero-order valence-corrected chi connectivity index (χ0v) is 9.13. The van der Waals surface area contributed by atoms with Gasteiger partial charge in [-0.05, 0) is 32.1 Å². The van der Waals surface area contributed by atoms with Gasteiger partial charge in [-0.1, -0.05) is 12.1 Å². The van der Waals surface area contributed by atoms with Gasteiger partial charge >= 0.3 is 0 Å². The largest absolute Gasteiger partial charge is 0.361 e. The van der Waals surface area contributed by atoms with Gasteiger partial charge in [0.05, 0.1) is 5.69 Å². The summed E-state index contributed by atoms with van der Waals surface area (Å²) < 4.78 is 5.01. The monoisotopic (exact) mass is 194 g/mol. The molecule has 1 heterocycles. The van der Waals surface area contributed by atoms with Crippen molar-refractivity contribution in [3.63, 3.8) is 0 Å². The summed E-state index contributed by atoms with van der Waals surface area (Å²) in [6.45, 7) is 7.31. The van der Waals surface area contributed by atoms with E-state index in [2.05, 4.69) is 24.3 Å². The van der Waals surface area contributed by atoms with Gasteiger partial charge in [0, 0.05) is 18.7 Å². The molecule has 0 saturated heterocycles. The molecule has 1 saturated carbocycles. The molecule has 14 heavy (non-hydrogen) atoms. The van der Waals surface area contributed by atoms with Crippen molar-refractivity contribution in [1.82, 2.24) is 10.5 Å². The van der Waals surface area contributed by atoms with Crippen LogP contribution in [0.3, 0.4) is 0 Å². The van der Waals surface area contributed by atoms with Gasteiger partial charge in [-0.25, -0.2) is 0 Å². The summed E-state index contributed by atoms with van der Waals surface area (Å²) in [6, 6.07) is 2.55. The summed E-state index contributed by atoms with van der Waals surface area (Å²) in [6.07, 6.45) is 2.69. The van der Waals surface area contributed by atoms with Gasteiger partial charge in [-0.15, -0.1) is 0 Å². The maximum absolute atomic E-state index is 5.01. The van der Waals surface area contributed by atoms with Crippen LogP contribution in [-0.2, 0) is 6.54 Å². The molecule has 0 aliphatic heterocycles. The number of rotatable bonds is 4. The highest BCUT2D eigenvalue weighted by atomic mass is 16.5. The summed E-state index contributed by atoms with van der Waals surface area (Å²) in [5, 5.41) is 7.44. The summed E-state index contributed by atoms with van der Waals surface area (Å²) >= 11 is 0. The van der Waals surface area contributed by atoms with E-state index in [1.54, 1.807) is 0 Å². The highest BCUT2D eigenvalue weighted by Gasteiger charge is 2.42. The van der Waals surface area contributed by atoms with Crippen molar-refractivity contribution in [2.24, 2.45) is 5.41 Å². The minimum atomic E-state index is 0.527. The normalized spacial score (nSPS) is 20.8. The molecule has 0 bridgehead atoms. The van der Waals surface area contributed by atoms with Crippen LogP contribution in [0.2, 0.25) is 0 Å². The van der Waals surface area contributed by atoms with Crippen LogP contribution in [0.25, 0.3) is 0 Å². The number of aromatic nitrogens is 1. The molecule has 1 aromatic heterocycles. The average Bonchev–Trinajstić information content (AvgIpc) is 2.76. The van der Waals surface area contributed by atoms with E-state index in [-0.39, 0.29) is 0 Å². The van der Waals surface area contributed by atoms with Gasteiger partial charge in [0.1, 0.15) is 5.76 Å². The first-order valence-electron chi connectivity index (χ1n) is 5.26. The average molecular weight is 194 g/mol. The van der Waals surface area contributed by atoms with Gasteiger partial charge in [-0.2, -0.15) is 0 Å². The smallest absolute Gasteiger partial charge is 0.133 e. The van der Waals surface area contributed by atoms with Crippen molar-refractivity contribution in [2.75, 3.05) is 0 Å². The summed E-state index contributed by atoms with van der Waals surface area (Å²) in [4.78, 5) is 0. The molecule has 0 radical (unpaired) electrons. The van der Waals surface area contributed by atoms with E-state index in [9.17, 15) is 0 Å². The quantitative estimate of drug-likeness (QED) is 0.799. The highest BCUT2D eigenvalue weighted by Crippen LogP contribution is 2.47. The maximum atomic E-state index is 5.01. The lowest BCUT2D eigenvalue weighted by molar-refractivity contribution is 0.361. The van der Waals surface area contributed by atoms with E-state index >= 15 is 0 Å². The molecule has 78 valence electrons. The van der Waals surface area contributed by atoms with Gasteiger partial charge in [0.25, 0.3) is 0 Å². The first-order chi connectivity index (χ1) is 6.60. The molecule has 1 fully saturated rings. The van der Waals surface area contributed by atoms with Crippen LogP contribution < -0.4 is 5.32 Å². The molecule has 0 aromatic carbocycles. The van der Waals surface area contributed by atoms with Gasteiger partial charge in [0.2, 0.25) is 0 Å². The van der Waals surface area contributed by atoms with Crippen LogP contribution in [-0.4, -0.2) is 11.2 Å². The maximum Gasteiger partial charge on any atom is 0.133 e. The fourth-order valence-corrected chi connectivity index (χ4v) is 1.64. The topological polar surface area (TPSA) is 38.1 Å². The molecule has 1 aromatic rings. The number of hydrogen-bond donors (Lipinski definition) is 1. The van der Waals surface area contributed by atoms with Crippen molar-refractivity contribution < 1.29 is 4.52 Å². The van der Waals surface area contributed by atoms with Crippen molar-refractivity contribution in [3.05, 3.63) is 17.5 Å². The SMILES string of the molecule is Cc1cc(CNC(C)C2(C)CC2)no1. The second-order valence-corrected chi connectivity index (χ2v) is 4.69. The second-order valence-electron chi connectivity index (χ2n) is 4.69. The standard InChI is InChI=1S/C11H18N2O/c1-8-6-10(13-14-8)7-12-9(2)11(3)4-5-11/h6,9,12H,4-5,7H2,1-3H3. The lowest BCUT2D eigenvalue weighted by Gasteiger charge is -2.19. The van der Waals surface area contributed by atoms with Crippen LogP contribution in [0.15, 0.2) is 10.6 Å². The Balaban J connectivity index is 1.82. The molecule has 1 atom stereocenters. The lowest BCUT2D eigenvalue weighted by Crippen LogP contribution is -2.32. The Bertz CT molecular complexity index is 315. The van der Waals surface area contributed by atoms with E-state index in [0.717, 1.165) is 18.0 Å². The minimum absolute atomic E-state index is 0.527. The third-order valence-electron chi connectivity index (χ3n) is 3.35. The third kappa shape index (κ3) is 1.98. The number of nitrogens with zero attached hydrogens (tertiary/aromatic N) is 1. The zero-order valence-electron chi connectivity index (χ0n) is 9.13. The van der Waals surface area contributed by atoms with Crippen molar-refractivity contribution in [1.29, 1.82) is 0 Å². The Morgan fingerprint density at radius 1 is 1.64 bits per heavy atom. The van der Waals surface area contributed by atoms with E-state index in [1.165, 1.54) is 12.8 Å². The molecule has 0 amide bonds. The Morgan fingerprint density at radius 3 is 2.86 bits per heavy atom. The van der Waals surface area contributed by atoms with Gasteiger partial charge < -0.3 is 9.84 Å². The van der Waals surface area contributed by atoms with Crippen LogP contribution in [0.4, 0.5) is 0 Å².